The Kier molecular flexibility index (Phi) is 3.97. The Hall–Kier alpha value is -2.07. The van der Waals surface area contributed by atoms with E-state index in [0.717, 1.165) is 5.57 Å². The minimum Gasteiger partial charge on any atom is -0.192 e. The maximum atomic E-state index is 8.29. The van der Waals surface area contributed by atoms with Crippen LogP contribution in [0.1, 0.15) is 5.56 Å². The zero-order valence-corrected chi connectivity index (χ0v) is 7.85. The molecular weight excluding hydrogens is 170 g/mol. The van der Waals surface area contributed by atoms with Gasteiger partial charge in [0.05, 0.1) is 11.6 Å². The molecule has 0 atom stereocenters. The van der Waals surface area contributed by atoms with Gasteiger partial charge in [-0.05, 0) is 17.7 Å². The molecule has 0 aliphatic heterocycles. The summed E-state index contributed by atoms with van der Waals surface area (Å²) in [5.41, 5.74) is 1.81. The molecule has 0 amide bonds. The van der Waals surface area contributed by atoms with Crippen molar-refractivity contribution in [3.8, 4) is 6.07 Å². The van der Waals surface area contributed by atoms with Crippen LogP contribution in [0.2, 0.25) is 0 Å². The SMILES string of the molecule is C=C1C=CC=C1.N#Cc1ccccc1. The van der Waals surface area contributed by atoms with Crippen LogP contribution in [-0.2, 0) is 0 Å². The van der Waals surface area contributed by atoms with Crippen LogP contribution in [0.15, 0.2) is 66.8 Å². The Morgan fingerprint density at radius 1 is 1.00 bits per heavy atom. The molecule has 1 aromatic rings. The molecule has 1 aliphatic rings. The van der Waals surface area contributed by atoms with Crippen LogP contribution in [0.3, 0.4) is 0 Å². The summed E-state index contributed by atoms with van der Waals surface area (Å²) in [7, 11) is 0. The predicted molar refractivity (Wildman–Crippen MR) is 58.6 cm³/mol. The average Bonchev–Trinajstić information content (AvgIpc) is 2.71. The monoisotopic (exact) mass is 181 g/mol. The Morgan fingerprint density at radius 2 is 1.57 bits per heavy atom. The van der Waals surface area contributed by atoms with Gasteiger partial charge in [0, 0.05) is 0 Å². The minimum absolute atomic E-state index is 0.715. The highest BCUT2D eigenvalue weighted by atomic mass is 14.2. The normalized spacial score (nSPS) is 11.8. The molecule has 0 heterocycles. The first-order valence-electron chi connectivity index (χ1n) is 4.32. The second-order valence-electron chi connectivity index (χ2n) is 2.77. The van der Waals surface area contributed by atoms with Crippen LogP contribution < -0.4 is 0 Å². The number of nitriles is 1. The van der Waals surface area contributed by atoms with E-state index < -0.39 is 0 Å². The molecule has 0 aromatic heterocycles. The molecule has 14 heavy (non-hydrogen) atoms. The van der Waals surface area contributed by atoms with Gasteiger partial charge in [-0.1, -0.05) is 49.1 Å². The number of allylic oxidation sites excluding steroid dienone is 5. The van der Waals surface area contributed by atoms with Gasteiger partial charge in [0.25, 0.3) is 0 Å². The van der Waals surface area contributed by atoms with Crippen molar-refractivity contribution in [3.63, 3.8) is 0 Å². The zero-order chi connectivity index (χ0) is 10.2. The summed E-state index contributed by atoms with van der Waals surface area (Å²) in [5, 5.41) is 8.29. The number of nitrogens with zero attached hydrogens (tertiary/aromatic N) is 1. The maximum Gasteiger partial charge on any atom is 0.0991 e. The van der Waals surface area contributed by atoms with Crippen molar-refractivity contribution in [1.82, 2.24) is 0 Å². The van der Waals surface area contributed by atoms with Crippen LogP contribution in [0.5, 0.6) is 0 Å². The van der Waals surface area contributed by atoms with Gasteiger partial charge in [0.15, 0.2) is 0 Å². The van der Waals surface area contributed by atoms with Crippen LogP contribution in [0.4, 0.5) is 0 Å². The smallest absolute Gasteiger partial charge is 0.0991 e. The van der Waals surface area contributed by atoms with Crippen LogP contribution in [0, 0.1) is 11.3 Å². The average molecular weight is 181 g/mol. The fourth-order valence-electron chi connectivity index (χ4n) is 0.927. The molecule has 1 heteroatoms. The Balaban J connectivity index is 0.000000146. The lowest BCUT2D eigenvalue weighted by molar-refractivity contribution is 1.49. The van der Waals surface area contributed by atoms with Crippen LogP contribution in [-0.4, -0.2) is 0 Å². The van der Waals surface area contributed by atoms with Crippen LogP contribution in [0.25, 0.3) is 0 Å². The van der Waals surface area contributed by atoms with Crippen molar-refractivity contribution in [2.24, 2.45) is 0 Å². The van der Waals surface area contributed by atoms with E-state index in [-0.39, 0.29) is 0 Å². The summed E-state index contributed by atoms with van der Waals surface area (Å²) >= 11 is 0. The number of rotatable bonds is 0. The highest BCUT2D eigenvalue weighted by Gasteiger charge is 1.81. The Morgan fingerprint density at radius 3 is 1.86 bits per heavy atom. The lowest BCUT2D eigenvalue weighted by Gasteiger charge is -1.80. The van der Waals surface area contributed by atoms with E-state index in [2.05, 4.69) is 6.58 Å². The summed E-state index contributed by atoms with van der Waals surface area (Å²) in [6.45, 7) is 3.68. The third-order valence-corrected chi connectivity index (χ3v) is 1.63. The standard InChI is InChI=1S/C7H5N.C6H6/c8-6-7-4-2-1-3-5-7;1-6-4-2-3-5-6/h1-5H;2-5H,1H2. The summed E-state index contributed by atoms with van der Waals surface area (Å²) < 4.78 is 0. The van der Waals surface area contributed by atoms with Gasteiger partial charge in [-0.3, -0.25) is 0 Å². The Bertz CT molecular complexity index is 377. The molecule has 2 rings (SSSR count). The first kappa shape index (κ1) is 10.0. The maximum absolute atomic E-state index is 8.29. The second-order valence-corrected chi connectivity index (χ2v) is 2.77. The first-order valence-corrected chi connectivity index (χ1v) is 4.32. The quantitative estimate of drug-likeness (QED) is 0.602. The molecule has 1 aromatic carbocycles. The topological polar surface area (TPSA) is 23.8 Å². The number of benzene rings is 1. The van der Waals surface area contributed by atoms with Gasteiger partial charge < -0.3 is 0 Å². The van der Waals surface area contributed by atoms with Crippen molar-refractivity contribution >= 4 is 0 Å². The zero-order valence-electron chi connectivity index (χ0n) is 7.85. The number of hydrogen-bond donors (Lipinski definition) is 0. The van der Waals surface area contributed by atoms with E-state index in [0.29, 0.717) is 5.56 Å². The van der Waals surface area contributed by atoms with Gasteiger partial charge in [-0.15, -0.1) is 0 Å². The van der Waals surface area contributed by atoms with Crippen molar-refractivity contribution < 1.29 is 0 Å². The molecule has 0 fully saturated rings. The summed E-state index contributed by atoms with van der Waals surface area (Å²) in [6, 6.07) is 11.2. The molecule has 0 radical (unpaired) electrons. The molecule has 0 saturated heterocycles. The molecule has 68 valence electrons. The second kappa shape index (κ2) is 5.55. The molecule has 0 unspecified atom stereocenters. The minimum atomic E-state index is 0.715. The van der Waals surface area contributed by atoms with Gasteiger partial charge in [-0.25, -0.2) is 0 Å². The predicted octanol–water partition coefficient (Wildman–Crippen LogP) is 3.23. The highest BCUT2D eigenvalue weighted by molar-refractivity contribution is 5.37. The first-order chi connectivity index (χ1) is 6.83. The van der Waals surface area contributed by atoms with Crippen molar-refractivity contribution in [2.75, 3.05) is 0 Å². The molecule has 0 N–H and O–H groups in total. The van der Waals surface area contributed by atoms with Gasteiger partial charge in [-0.2, -0.15) is 5.26 Å². The van der Waals surface area contributed by atoms with Gasteiger partial charge >= 0.3 is 0 Å². The molecule has 1 nitrogen and oxygen atoms in total. The van der Waals surface area contributed by atoms with E-state index in [1.807, 2.05) is 48.6 Å². The van der Waals surface area contributed by atoms with E-state index in [9.17, 15) is 0 Å². The Labute approximate surface area is 84.3 Å². The molecule has 1 aliphatic carbocycles. The van der Waals surface area contributed by atoms with Crippen molar-refractivity contribution in [3.05, 3.63) is 72.4 Å². The van der Waals surface area contributed by atoms with Crippen molar-refractivity contribution in [1.29, 1.82) is 5.26 Å². The van der Waals surface area contributed by atoms with E-state index in [4.69, 9.17) is 5.26 Å². The fraction of sp³-hybridized carbons (Fsp3) is 0. The van der Waals surface area contributed by atoms with E-state index in [1.165, 1.54) is 0 Å². The lowest BCUT2D eigenvalue weighted by atomic mass is 10.2. The van der Waals surface area contributed by atoms with Crippen molar-refractivity contribution in [2.45, 2.75) is 0 Å². The largest absolute Gasteiger partial charge is 0.192 e. The van der Waals surface area contributed by atoms with Crippen LogP contribution >= 0.6 is 0 Å². The fourth-order valence-corrected chi connectivity index (χ4v) is 0.927. The summed E-state index contributed by atoms with van der Waals surface area (Å²) in [4.78, 5) is 0. The lowest BCUT2D eigenvalue weighted by Crippen LogP contribution is -1.66. The summed E-state index contributed by atoms with van der Waals surface area (Å²) in [6.07, 6.45) is 7.89. The van der Waals surface area contributed by atoms with Gasteiger partial charge in [0.2, 0.25) is 0 Å². The van der Waals surface area contributed by atoms with Gasteiger partial charge in [0.1, 0.15) is 0 Å². The van der Waals surface area contributed by atoms with E-state index >= 15 is 0 Å². The van der Waals surface area contributed by atoms with E-state index in [1.54, 1.807) is 12.1 Å². The summed E-state index contributed by atoms with van der Waals surface area (Å²) in [5.74, 6) is 0. The molecule has 0 bridgehead atoms. The third kappa shape index (κ3) is 3.55. The molecule has 0 saturated carbocycles. The third-order valence-electron chi connectivity index (χ3n) is 1.63. The molecule has 0 spiro atoms. The molecular formula is C13H11N. The highest BCUT2D eigenvalue weighted by Crippen LogP contribution is 2.01. The number of hydrogen-bond acceptors (Lipinski definition) is 1.